The molecule has 0 aromatic carbocycles. The van der Waals surface area contributed by atoms with E-state index in [0.717, 1.165) is 36.1 Å². The molecule has 104 valence electrons. The smallest absolute Gasteiger partial charge is 0.339 e. The van der Waals surface area contributed by atoms with Crippen molar-refractivity contribution in [1.29, 1.82) is 0 Å². The van der Waals surface area contributed by atoms with Crippen LogP contribution >= 0.6 is 11.3 Å². The van der Waals surface area contributed by atoms with Crippen molar-refractivity contribution in [3.05, 3.63) is 45.3 Å². The molecule has 2 aromatic rings. The largest absolute Gasteiger partial charge is 0.478 e. The Kier molecular flexibility index (Phi) is 3.44. The fraction of sp³-hybridized carbons (Fsp3) is 0.333. The van der Waals surface area contributed by atoms with E-state index in [4.69, 9.17) is 0 Å². The lowest BCUT2D eigenvalue weighted by Gasteiger charge is -2.16. The zero-order valence-corrected chi connectivity index (χ0v) is 12.0. The fourth-order valence-corrected chi connectivity index (χ4v) is 3.31. The summed E-state index contributed by atoms with van der Waals surface area (Å²) in [7, 11) is 0. The van der Waals surface area contributed by atoms with Crippen LogP contribution in [0, 0.1) is 0 Å². The van der Waals surface area contributed by atoms with E-state index in [1.807, 2.05) is 18.4 Å². The van der Waals surface area contributed by atoms with Crippen molar-refractivity contribution in [3.8, 4) is 0 Å². The fourth-order valence-electron chi connectivity index (χ4n) is 2.55. The van der Waals surface area contributed by atoms with Crippen LogP contribution in [0.15, 0.2) is 22.9 Å². The molecule has 20 heavy (non-hydrogen) atoms. The van der Waals surface area contributed by atoms with E-state index in [2.05, 4.69) is 15.7 Å². The SMILES string of the molecule is CC(Nc1nc2c(cc1C(=O)O)CCC2)c1ccsc1. The summed E-state index contributed by atoms with van der Waals surface area (Å²) in [6.45, 7) is 2.02. The Labute approximate surface area is 121 Å². The molecule has 2 heterocycles. The predicted molar refractivity (Wildman–Crippen MR) is 79.6 cm³/mol. The van der Waals surface area contributed by atoms with Gasteiger partial charge in [0.05, 0.1) is 6.04 Å². The van der Waals surface area contributed by atoms with Crippen molar-refractivity contribution >= 4 is 23.1 Å². The van der Waals surface area contributed by atoms with Crippen LogP contribution in [-0.2, 0) is 12.8 Å². The van der Waals surface area contributed by atoms with Gasteiger partial charge in [-0.25, -0.2) is 9.78 Å². The highest BCUT2D eigenvalue weighted by atomic mass is 32.1. The molecule has 4 nitrogen and oxygen atoms in total. The Morgan fingerprint density at radius 2 is 2.35 bits per heavy atom. The number of aryl methyl sites for hydroxylation is 2. The van der Waals surface area contributed by atoms with Gasteiger partial charge in [-0.05, 0) is 60.2 Å². The predicted octanol–water partition coefficient (Wildman–Crippen LogP) is 3.50. The number of nitrogens with one attached hydrogen (secondary N) is 1. The first kappa shape index (κ1) is 13.1. The Morgan fingerprint density at radius 3 is 3.05 bits per heavy atom. The maximum atomic E-state index is 11.4. The lowest BCUT2D eigenvalue weighted by molar-refractivity contribution is 0.0697. The third kappa shape index (κ3) is 2.41. The number of aromatic nitrogens is 1. The number of carboxylic acids is 1. The molecule has 1 atom stereocenters. The van der Waals surface area contributed by atoms with Crippen molar-refractivity contribution in [2.75, 3.05) is 5.32 Å². The number of pyridine rings is 1. The van der Waals surface area contributed by atoms with Crippen molar-refractivity contribution < 1.29 is 9.90 Å². The van der Waals surface area contributed by atoms with Crippen LogP contribution in [0.2, 0.25) is 0 Å². The highest BCUT2D eigenvalue weighted by Gasteiger charge is 2.21. The molecule has 0 spiro atoms. The molecule has 0 fully saturated rings. The Morgan fingerprint density at radius 1 is 1.50 bits per heavy atom. The normalized spacial score (nSPS) is 14.8. The second kappa shape index (κ2) is 5.25. The zero-order chi connectivity index (χ0) is 14.1. The molecular formula is C15H16N2O2S. The van der Waals surface area contributed by atoms with E-state index in [-0.39, 0.29) is 11.6 Å². The van der Waals surface area contributed by atoms with Gasteiger partial charge in [0.1, 0.15) is 11.4 Å². The molecule has 0 saturated carbocycles. The highest BCUT2D eigenvalue weighted by Crippen LogP contribution is 2.28. The van der Waals surface area contributed by atoms with Crippen molar-refractivity contribution in [3.63, 3.8) is 0 Å². The molecule has 0 aliphatic heterocycles. The van der Waals surface area contributed by atoms with Crippen LogP contribution in [0.25, 0.3) is 0 Å². The number of carboxylic acid groups (broad SMARTS) is 1. The summed E-state index contributed by atoms with van der Waals surface area (Å²) >= 11 is 1.63. The molecule has 1 unspecified atom stereocenters. The van der Waals surface area contributed by atoms with Gasteiger partial charge in [-0.15, -0.1) is 0 Å². The van der Waals surface area contributed by atoms with E-state index < -0.39 is 5.97 Å². The van der Waals surface area contributed by atoms with Gasteiger partial charge in [0, 0.05) is 5.69 Å². The molecule has 0 amide bonds. The lowest BCUT2D eigenvalue weighted by atomic mass is 10.1. The van der Waals surface area contributed by atoms with Crippen molar-refractivity contribution in [2.45, 2.75) is 32.2 Å². The minimum atomic E-state index is -0.924. The number of carbonyl (C=O) groups is 1. The molecule has 0 radical (unpaired) electrons. The van der Waals surface area contributed by atoms with Gasteiger partial charge in [0.15, 0.2) is 0 Å². The second-order valence-corrected chi connectivity index (χ2v) is 5.85. The van der Waals surface area contributed by atoms with E-state index in [1.165, 1.54) is 0 Å². The van der Waals surface area contributed by atoms with Crippen LogP contribution in [0.5, 0.6) is 0 Å². The average molecular weight is 288 g/mol. The lowest BCUT2D eigenvalue weighted by Crippen LogP contribution is -2.13. The first-order valence-corrected chi connectivity index (χ1v) is 7.64. The van der Waals surface area contributed by atoms with E-state index >= 15 is 0 Å². The van der Waals surface area contributed by atoms with Gasteiger partial charge in [0.25, 0.3) is 0 Å². The van der Waals surface area contributed by atoms with Crippen molar-refractivity contribution in [2.24, 2.45) is 0 Å². The molecule has 5 heteroatoms. The minimum absolute atomic E-state index is 0.0475. The molecule has 0 bridgehead atoms. The molecule has 2 aromatic heterocycles. The third-order valence-corrected chi connectivity index (χ3v) is 4.38. The van der Waals surface area contributed by atoms with E-state index in [0.29, 0.717) is 5.82 Å². The van der Waals surface area contributed by atoms with E-state index in [1.54, 1.807) is 17.4 Å². The van der Waals surface area contributed by atoms with Crippen LogP contribution < -0.4 is 5.32 Å². The number of hydrogen-bond acceptors (Lipinski definition) is 4. The van der Waals surface area contributed by atoms with Gasteiger partial charge in [-0.3, -0.25) is 0 Å². The Bertz CT molecular complexity index is 638. The Hall–Kier alpha value is -1.88. The van der Waals surface area contributed by atoms with Gasteiger partial charge in [-0.2, -0.15) is 11.3 Å². The second-order valence-electron chi connectivity index (χ2n) is 5.07. The number of nitrogens with zero attached hydrogens (tertiary/aromatic N) is 1. The minimum Gasteiger partial charge on any atom is -0.478 e. The summed E-state index contributed by atoms with van der Waals surface area (Å²) in [6, 6.07) is 3.86. The van der Waals surface area contributed by atoms with Crippen LogP contribution in [-0.4, -0.2) is 16.1 Å². The molecule has 1 aliphatic carbocycles. The summed E-state index contributed by atoms with van der Waals surface area (Å²) in [5.41, 5.74) is 3.53. The van der Waals surface area contributed by atoms with E-state index in [9.17, 15) is 9.90 Å². The summed E-state index contributed by atoms with van der Waals surface area (Å²) in [5, 5.41) is 16.7. The van der Waals surface area contributed by atoms with Crippen LogP contribution in [0.4, 0.5) is 5.82 Å². The summed E-state index contributed by atoms with van der Waals surface area (Å²) in [5.74, 6) is -0.441. The number of thiophene rings is 1. The van der Waals surface area contributed by atoms with Gasteiger partial charge < -0.3 is 10.4 Å². The molecular weight excluding hydrogens is 272 g/mol. The molecule has 3 rings (SSSR count). The number of aromatic carboxylic acids is 1. The van der Waals surface area contributed by atoms with Gasteiger partial charge >= 0.3 is 5.97 Å². The Balaban J connectivity index is 1.94. The van der Waals surface area contributed by atoms with Crippen LogP contribution in [0.3, 0.4) is 0 Å². The first-order chi connectivity index (χ1) is 9.65. The van der Waals surface area contributed by atoms with Crippen LogP contribution in [0.1, 0.15) is 46.6 Å². The summed E-state index contributed by atoms with van der Waals surface area (Å²) < 4.78 is 0. The number of rotatable bonds is 4. The first-order valence-electron chi connectivity index (χ1n) is 6.70. The average Bonchev–Trinajstić information content (AvgIpc) is 3.08. The molecule has 1 aliphatic rings. The summed E-state index contributed by atoms with van der Waals surface area (Å²) in [6.07, 6.45) is 2.94. The summed E-state index contributed by atoms with van der Waals surface area (Å²) in [4.78, 5) is 15.9. The quantitative estimate of drug-likeness (QED) is 0.904. The zero-order valence-electron chi connectivity index (χ0n) is 11.2. The monoisotopic (exact) mass is 288 g/mol. The van der Waals surface area contributed by atoms with Gasteiger partial charge in [0.2, 0.25) is 0 Å². The number of anilines is 1. The number of fused-ring (bicyclic) bond motifs is 1. The molecule has 2 N–H and O–H groups in total. The molecule has 0 saturated heterocycles. The van der Waals surface area contributed by atoms with Gasteiger partial charge in [-0.1, -0.05) is 0 Å². The third-order valence-electron chi connectivity index (χ3n) is 3.68. The highest BCUT2D eigenvalue weighted by molar-refractivity contribution is 7.07. The standard InChI is InChI=1S/C15H16N2O2S/c1-9(11-5-6-20-8-11)16-14-12(15(18)19)7-10-3-2-4-13(10)17-14/h5-9H,2-4H2,1H3,(H,16,17)(H,18,19). The maximum absolute atomic E-state index is 11.4. The maximum Gasteiger partial charge on any atom is 0.339 e. The number of hydrogen-bond donors (Lipinski definition) is 2. The van der Waals surface area contributed by atoms with Crippen molar-refractivity contribution in [1.82, 2.24) is 4.98 Å². The topological polar surface area (TPSA) is 62.2 Å².